The summed E-state index contributed by atoms with van der Waals surface area (Å²) in [5.41, 5.74) is 6.02. The molecule has 0 aliphatic heterocycles. The predicted octanol–water partition coefficient (Wildman–Crippen LogP) is 5.34. The molecule has 0 spiro atoms. The zero-order valence-corrected chi connectivity index (χ0v) is 13.6. The zero-order valence-electron chi connectivity index (χ0n) is 12.8. The van der Waals surface area contributed by atoms with E-state index in [1.165, 1.54) is 10.9 Å². The van der Waals surface area contributed by atoms with Crippen LogP contribution in [-0.2, 0) is 6.42 Å². The summed E-state index contributed by atoms with van der Waals surface area (Å²) in [7, 11) is 0. The Labute approximate surface area is 139 Å². The number of fused-ring (bicyclic) bond motifs is 3. The molecule has 0 bridgehead atoms. The van der Waals surface area contributed by atoms with Gasteiger partial charge in [0.25, 0.3) is 0 Å². The van der Waals surface area contributed by atoms with E-state index in [1.54, 1.807) is 0 Å². The third kappa shape index (κ3) is 2.49. The maximum absolute atomic E-state index is 12.8. The van der Waals surface area contributed by atoms with Gasteiger partial charge in [0.1, 0.15) is 0 Å². The highest BCUT2D eigenvalue weighted by molar-refractivity contribution is 6.30. The second kappa shape index (κ2) is 5.39. The largest absolute Gasteiger partial charge is 0.352 e. The number of benzene rings is 2. The van der Waals surface area contributed by atoms with Crippen LogP contribution in [-0.4, -0.2) is 10.8 Å². The number of hydrogen-bond donors (Lipinski definition) is 1. The van der Waals surface area contributed by atoms with Crippen molar-refractivity contribution in [3.8, 4) is 0 Å². The molecule has 2 aromatic carbocycles. The number of carbonyl (C=O) groups excluding carboxylic acids is 1. The normalized spacial score (nSPS) is 16.1. The van der Waals surface area contributed by atoms with Crippen LogP contribution in [0.15, 0.2) is 48.0 Å². The molecule has 0 fully saturated rings. The van der Waals surface area contributed by atoms with Crippen molar-refractivity contribution in [3.63, 3.8) is 0 Å². The molecule has 0 radical (unpaired) electrons. The maximum Gasteiger partial charge on any atom is 0.205 e. The van der Waals surface area contributed by atoms with Gasteiger partial charge in [-0.1, -0.05) is 35.4 Å². The first kappa shape index (κ1) is 14.3. The molecule has 2 nitrogen and oxygen atoms in total. The van der Waals surface area contributed by atoms with E-state index >= 15 is 0 Å². The Hall–Kier alpha value is -2.32. The van der Waals surface area contributed by atoms with Crippen molar-refractivity contribution >= 4 is 34.4 Å². The lowest BCUT2D eigenvalue weighted by molar-refractivity contribution is 0.102. The van der Waals surface area contributed by atoms with Crippen molar-refractivity contribution in [1.29, 1.82) is 0 Å². The van der Waals surface area contributed by atoms with E-state index in [9.17, 15) is 4.79 Å². The molecule has 0 saturated heterocycles. The summed E-state index contributed by atoms with van der Waals surface area (Å²) in [5, 5.41) is 1.88. The highest BCUT2D eigenvalue weighted by Crippen LogP contribution is 2.32. The molecule has 23 heavy (non-hydrogen) atoms. The van der Waals surface area contributed by atoms with Gasteiger partial charge in [0.15, 0.2) is 0 Å². The molecular weight excluding hydrogens is 306 g/mol. The van der Waals surface area contributed by atoms with Gasteiger partial charge in [0.2, 0.25) is 5.78 Å². The first-order valence-electron chi connectivity index (χ1n) is 7.74. The van der Waals surface area contributed by atoms with Crippen molar-refractivity contribution in [2.45, 2.75) is 19.8 Å². The zero-order chi connectivity index (χ0) is 16.0. The summed E-state index contributed by atoms with van der Waals surface area (Å²) in [4.78, 5) is 16.1. The predicted molar refractivity (Wildman–Crippen MR) is 95.1 cm³/mol. The minimum Gasteiger partial charge on any atom is -0.352 e. The van der Waals surface area contributed by atoms with Crippen molar-refractivity contribution in [3.05, 3.63) is 75.4 Å². The summed E-state index contributed by atoms with van der Waals surface area (Å²) in [6, 6.07) is 13.8. The number of allylic oxidation sites excluding steroid dienone is 1. The van der Waals surface area contributed by atoms with Crippen LogP contribution in [0.5, 0.6) is 0 Å². The third-order valence-corrected chi connectivity index (χ3v) is 4.69. The molecule has 3 aromatic rings. The van der Waals surface area contributed by atoms with Crippen LogP contribution in [0.3, 0.4) is 0 Å². The molecular formula is C20H16ClNO. The van der Waals surface area contributed by atoms with Crippen LogP contribution in [0.1, 0.15) is 33.6 Å². The molecule has 1 aliphatic rings. The number of Topliss-reactive ketones (excluding diaryl/α,β-unsaturated/α-hetero) is 1. The van der Waals surface area contributed by atoms with Crippen LogP contribution in [0, 0.1) is 6.92 Å². The molecule has 0 saturated carbocycles. The van der Waals surface area contributed by atoms with Crippen molar-refractivity contribution in [1.82, 2.24) is 4.98 Å². The number of ketones is 1. The number of nitrogens with one attached hydrogen (secondary N) is 1. The van der Waals surface area contributed by atoms with E-state index < -0.39 is 0 Å². The average molecular weight is 322 g/mol. The Kier molecular flexibility index (Phi) is 3.35. The van der Waals surface area contributed by atoms with E-state index in [1.807, 2.05) is 30.3 Å². The molecule has 1 aromatic heterocycles. The van der Waals surface area contributed by atoms with Crippen LogP contribution in [0.4, 0.5) is 0 Å². The van der Waals surface area contributed by atoms with Crippen molar-refractivity contribution < 1.29 is 4.79 Å². The molecule has 1 heterocycles. The van der Waals surface area contributed by atoms with Gasteiger partial charge in [0, 0.05) is 21.5 Å². The fourth-order valence-corrected chi connectivity index (χ4v) is 3.37. The van der Waals surface area contributed by atoms with Gasteiger partial charge in [-0.15, -0.1) is 0 Å². The summed E-state index contributed by atoms with van der Waals surface area (Å²) in [6.45, 7) is 2.08. The maximum atomic E-state index is 12.8. The van der Waals surface area contributed by atoms with E-state index in [4.69, 9.17) is 11.6 Å². The minimum absolute atomic E-state index is 0.107. The Bertz CT molecular complexity index is 948. The number of carbonyl (C=O) groups is 1. The van der Waals surface area contributed by atoms with Crippen molar-refractivity contribution in [2.75, 3.05) is 0 Å². The van der Waals surface area contributed by atoms with Crippen LogP contribution in [0.25, 0.3) is 17.0 Å². The lowest BCUT2D eigenvalue weighted by Gasteiger charge is -2.14. The van der Waals surface area contributed by atoms with Gasteiger partial charge in [-0.2, -0.15) is 0 Å². The standard InChI is InChI=1S/C20H16ClNO/c1-12-2-9-18-17(10-12)16-8-5-14(20(23)19(16)22-18)11-13-3-6-15(21)7-4-13/h2-4,6-7,9-11,22H,5,8H2,1H3/b14-11+. The first-order chi connectivity index (χ1) is 11.1. The van der Waals surface area contributed by atoms with Gasteiger partial charge in [-0.3, -0.25) is 4.79 Å². The summed E-state index contributed by atoms with van der Waals surface area (Å²) in [5.74, 6) is 0.107. The highest BCUT2D eigenvalue weighted by atomic mass is 35.5. The Morgan fingerprint density at radius 1 is 1.09 bits per heavy atom. The van der Waals surface area contributed by atoms with Crippen molar-refractivity contribution in [2.24, 2.45) is 0 Å². The van der Waals surface area contributed by atoms with Crippen LogP contribution in [0.2, 0.25) is 5.02 Å². The summed E-state index contributed by atoms with van der Waals surface area (Å²) in [6.07, 6.45) is 3.64. The fraction of sp³-hybridized carbons (Fsp3) is 0.150. The monoisotopic (exact) mass is 321 g/mol. The quantitative estimate of drug-likeness (QED) is 0.603. The lowest BCUT2D eigenvalue weighted by atomic mass is 9.89. The Morgan fingerprint density at radius 2 is 1.87 bits per heavy atom. The highest BCUT2D eigenvalue weighted by Gasteiger charge is 2.25. The number of aryl methyl sites for hydroxylation is 2. The van der Waals surface area contributed by atoms with Gasteiger partial charge in [0.05, 0.1) is 5.69 Å². The first-order valence-corrected chi connectivity index (χ1v) is 8.11. The fourth-order valence-electron chi connectivity index (χ4n) is 3.25. The summed E-state index contributed by atoms with van der Waals surface area (Å²) < 4.78 is 0. The van der Waals surface area contributed by atoms with Gasteiger partial charge >= 0.3 is 0 Å². The van der Waals surface area contributed by atoms with E-state index in [0.717, 1.165) is 40.8 Å². The van der Waals surface area contributed by atoms with Crippen LogP contribution < -0.4 is 0 Å². The number of rotatable bonds is 1. The summed E-state index contributed by atoms with van der Waals surface area (Å²) >= 11 is 5.92. The SMILES string of the molecule is Cc1ccc2[nH]c3c(c2c1)CC/C(=C\c1ccc(Cl)cc1)C3=O. The number of H-pyrrole nitrogens is 1. The second-order valence-corrected chi connectivity index (χ2v) is 6.51. The molecule has 3 heteroatoms. The Balaban J connectivity index is 1.77. The number of aromatic nitrogens is 1. The third-order valence-electron chi connectivity index (χ3n) is 4.44. The topological polar surface area (TPSA) is 32.9 Å². The number of halogens is 1. The lowest BCUT2D eigenvalue weighted by Crippen LogP contribution is -2.13. The molecule has 0 atom stereocenters. The van der Waals surface area contributed by atoms with Gasteiger partial charge < -0.3 is 4.98 Å². The molecule has 0 unspecified atom stereocenters. The smallest absolute Gasteiger partial charge is 0.205 e. The number of hydrogen-bond acceptors (Lipinski definition) is 1. The molecule has 0 amide bonds. The van der Waals surface area contributed by atoms with E-state index in [-0.39, 0.29) is 5.78 Å². The van der Waals surface area contributed by atoms with Gasteiger partial charge in [-0.25, -0.2) is 0 Å². The van der Waals surface area contributed by atoms with Gasteiger partial charge in [-0.05, 0) is 61.2 Å². The average Bonchev–Trinajstić information content (AvgIpc) is 2.91. The van der Waals surface area contributed by atoms with E-state index in [0.29, 0.717) is 5.02 Å². The molecule has 1 aliphatic carbocycles. The van der Waals surface area contributed by atoms with E-state index in [2.05, 4.69) is 30.1 Å². The molecule has 1 N–H and O–H groups in total. The molecule has 4 rings (SSSR count). The number of aromatic amines is 1. The Morgan fingerprint density at radius 3 is 2.65 bits per heavy atom. The molecule has 114 valence electrons. The minimum atomic E-state index is 0.107. The second-order valence-electron chi connectivity index (χ2n) is 6.08. The van der Waals surface area contributed by atoms with Crippen LogP contribution >= 0.6 is 11.6 Å².